The molecule has 6 heteroatoms. The van der Waals surface area contributed by atoms with Crippen LogP contribution in [0.25, 0.3) is 0 Å². The van der Waals surface area contributed by atoms with Crippen LogP contribution in [0.2, 0.25) is 5.02 Å². The highest BCUT2D eigenvalue weighted by Gasteiger charge is 2.30. The molecule has 2 rings (SSSR count). The second-order valence-electron chi connectivity index (χ2n) is 4.90. The quantitative estimate of drug-likeness (QED) is 0.536. The fourth-order valence-corrected chi connectivity index (χ4v) is 3.06. The molecule has 0 aliphatic carbocycles. The van der Waals surface area contributed by atoms with Crippen LogP contribution < -0.4 is 0 Å². The molecule has 3 nitrogen and oxygen atoms in total. The number of hydrogen-bond donors (Lipinski definition) is 0. The van der Waals surface area contributed by atoms with E-state index in [1.165, 1.54) is 11.3 Å². The predicted molar refractivity (Wildman–Crippen MR) is 89.0 cm³/mol. The predicted octanol–water partition coefficient (Wildman–Crippen LogP) is 4.66. The first-order chi connectivity index (χ1) is 11.0. The Morgan fingerprint density at radius 3 is 2.52 bits per heavy atom. The maximum Gasteiger partial charge on any atom is 0.340 e. The molecule has 0 saturated carbocycles. The molecular weight excluding hydrogens is 339 g/mol. The Labute approximate surface area is 143 Å². The number of ether oxygens (including phenoxy) is 1. The lowest BCUT2D eigenvalue weighted by molar-refractivity contribution is -0.149. The molecule has 0 aliphatic rings. The van der Waals surface area contributed by atoms with Gasteiger partial charge in [0.05, 0.1) is 17.4 Å². The van der Waals surface area contributed by atoms with E-state index >= 15 is 0 Å². The summed E-state index contributed by atoms with van der Waals surface area (Å²) in [4.78, 5) is 24.7. The van der Waals surface area contributed by atoms with E-state index in [1.807, 2.05) is 0 Å². The van der Waals surface area contributed by atoms with Crippen molar-refractivity contribution in [2.24, 2.45) is 0 Å². The van der Waals surface area contributed by atoms with Gasteiger partial charge in [0, 0.05) is 11.4 Å². The van der Waals surface area contributed by atoms with E-state index in [0.29, 0.717) is 15.5 Å². The second-order valence-corrected chi connectivity index (χ2v) is 6.29. The van der Waals surface area contributed by atoms with Crippen LogP contribution in [0.1, 0.15) is 34.5 Å². The second kappa shape index (κ2) is 8.22. The molecule has 0 aliphatic heterocycles. The number of esters is 1. The average Bonchev–Trinajstić information content (AvgIpc) is 3.07. The maximum atomic E-state index is 14.2. The monoisotopic (exact) mass is 354 g/mol. The molecule has 1 heterocycles. The molecule has 0 radical (unpaired) electrons. The van der Waals surface area contributed by atoms with E-state index < -0.39 is 18.1 Å². The summed E-state index contributed by atoms with van der Waals surface area (Å²) >= 11 is 7.15. The lowest BCUT2D eigenvalue weighted by Crippen LogP contribution is -2.24. The minimum atomic E-state index is -1.85. The van der Waals surface area contributed by atoms with Gasteiger partial charge in [-0.3, -0.25) is 4.79 Å². The number of Topliss-reactive ketones (excluding diaryl/α,β-unsaturated/α-hetero) is 1. The van der Waals surface area contributed by atoms with Gasteiger partial charge in [-0.15, -0.1) is 11.3 Å². The number of carbonyl (C=O) groups is 2. The van der Waals surface area contributed by atoms with Gasteiger partial charge in [0.1, 0.15) is 0 Å². The summed E-state index contributed by atoms with van der Waals surface area (Å²) in [6.45, 7) is 1.71. The van der Waals surface area contributed by atoms with Crippen molar-refractivity contribution in [1.82, 2.24) is 0 Å². The molecule has 1 unspecified atom stereocenters. The SMILES string of the molecule is CCOC(=O)[C@@H](F)CC(C(=O)c1cccs1)c1ccc(Cl)cc1. The van der Waals surface area contributed by atoms with Crippen molar-refractivity contribution < 1.29 is 18.7 Å². The van der Waals surface area contributed by atoms with E-state index in [2.05, 4.69) is 4.74 Å². The van der Waals surface area contributed by atoms with Crippen molar-refractivity contribution in [1.29, 1.82) is 0 Å². The summed E-state index contributed by atoms with van der Waals surface area (Å²) in [5.74, 6) is -1.91. The van der Waals surface area contributed by atoms with Gasteiger partial charge >= 0.3 is 5.97 Å². The summed E-state index contributed by atoms with van der Waals surface area (Å²) in [6, 6.07) is 10.1. The minimum Gasteiger partial charge on any atom is -0.464 e. The van der Waals surface area contributed by atoms with Gasteiger partial charge in [-0.05, 0) is 36.1 Å². The molecule has 1 aromatic heterocycles. The molecule has 0 N–H and O–H groups in total. The first-order valence-electron chi connectivity index (χ1n) is 7.16. The molecule has 23 heavy (non-hydrogen) atoms. The smallest absolute Gasteiger partial charge is 0.340 e. The normalized spacial score (nSPS) is 13.3. The fraction of sp³-hybridized carbons (Fsp3) is 0.294. The number of alkyl halides is 1. The standard InChI is InChI=1S/C17H16ClFO3S/c1-2-22-17(21)14(19)10-13(11-5-7-12(18)8-6-11)16(20)15-4-3-9-23-15/h3-9,13-14H,2,10H2,1H3/t13?,14-/m0/s1. The van der Waals surface area contributed by atoms with Gasteiger partial charge in [-0.1, -0.05) is 29.8 Å². The van der Waals surface area contributed by atoms with Crippen LogP contribution in [-0.2, 0) is 9.53 Å². The molecule has 1 aromatic carbocycles. The third kappa shape index (κ3) is 4.62. The van der Waals surface area contributed by atoms with E-state index in [1.54, 1.807) is 48.7 Å². The average molecular weight is 355 g/mol. The van der Waals surface area contributed by atoms with Crippen LogP contribution in [0, 0.1) is 0 Å². The van der Waals surface area contributed by atoms with Crippen LogP contribution in [0.15, 0.2) is 41.8 Å². The van der Waals surface area contributed by atoms with Crippen molar-refractivity contribution in [3.05, 3.63) is 57.2 Å². The number of benzene rings is 1. The highest BCUT2D eigenvalue weighted by molar-refractivity contribution is 7.12. The van der Waals surface area contributed by atoms with Gasteiger partial charge in [-0.2, -0.15) is 0 Å². The Balaban J connectivity index is 2.26. The molecule has 2 aromatic rings. The molecule has 2 atom stereocenters. The van der Waals surface area contributed by atoms with Crippen LogP contribution >= 0.6 is 22.9 Å². The summed E-state index contributed by atoms with van der Waals surface area (Å²) in [5.41, 5.74) is 0.625. The number of rotatable bonds is 7. The molecule has 122 valence electrons. The largest absolute Gasteiger partial charge is 0.464 e. The zero-order chi connectivity index (χ0) is 16.8. The molecule has 0 saturated heterocycles. The van der Waals surface area contributed by atoms with Crippen molar-refractivity contribution >= 4 is 34.7 Å². The van der Waals surface area contributed by atoms with Crippen LogP contribution in [-0.4, -0.2) is 24.5 Å². The van der Waals surface area contributed by atoms with Gasteiger partial charge < -0.3 is 4.74 Å². The highest BCUT2D eigenvalue weighted by Crippen LogP contribution is 2.29. The summed E-state index contributed by atoms with van der Waals surface area (Å²) in [6.07, 6.45) is -2.10. The Morgan fingerprint density at radius 2 is 1.96 bits per heavy atom. The van der Waals surface area contributed by atoms with E-state index in [9.17, 15) is 14.0 Å². The van der Waals surface area contributed by atoms with E-state index in [-0.39, 0.29) is 18.8 Å². The van der Waals surface area contributed by atoms with Gasteiger partial charge in [0.25, 0.3) is 0 Å². The minimum absolute atomic E-state index is 0.101. The Kier molecular flexibility index (Phi) is 6.30. The van der Waals surface area contributed by atoms with E-state index in [4.69, 9.17) is 11.6 Å². The van der Waals surface area contributed by atoms with Crippen molar-refractivity contribution in [3.8, 4) is 0 Å². The number of halogens is 2. The lowest BCUT2D eigenvalue weighted by atomic mass is 9.89. The first kappa shape index (κ1) is 17.6. The van der Waals surface area contributed by atoms with Gasteiger partial charge in [0.2, 0.25) is 0 Å². The van der Waals surface area contributed by atoms with Crippen LogP contribution in [0.5, 0.6) is 0 Å². The Morgan fingerprint density at radius 1 is 1.26 bits per heavy atom. The Bertz CT molecular complexity index is 655. The maximum absolute atomic E-state index is 14.2. The summed E-state index contributed by atoms with van der Waals surface area (Å²) in [5, 5.41) is 2.31. The molecular formula is C17H16ClFO3S. The number of ketones is 1. The number of carbonyl (C=O) groups excluding carboxylic acids is 2. The lowest BCUT2D eigenvalue weighted by Gasteiger charge is -2.17. The molecule has 0 fully saturated rings. The topological polar surface area (TPSA) is 43.4 Å². The zero-order valence-electron chi connectivity index (χ0n) is 12.5. The van der Waals surface area contributed by atoms with E-state index in [0.717, 1.165) is 0 Å². The first-order valence-corrected chi connectivity index (χ1v) is 8.42. The summed E-state index contributed by atoms with van der Waals surface area (Å²) < 4.78 is 18.8. The third-order valence-corrected chi connectivity index (χ3v) is 4.47. The molecule has 0 spiro atoms. The molecule has 0 bridgehead atoms. The van der Waals surface area contributed by atoms with Crippen molar-refractivity contribution in [2.45, 2.75) is 25.4 Å². The Hall–Kier alpha value is -1.72. The zero-order valence-corrected chi connectivity index (χ0v) is 14.1. The van der Waals surface area contributed by atoms with Gasteiger partial charge in [-0.25, -0.2) is 9.18 Å². The number of thiophene rings is 1. The van der Waals surface area contributed by atoms with Crippen molar-refractivity contribution in [3.63, 3.8) is 0 Å². The third-order valence-electron chi connectivity index (χ3n) is 3.34. The fourth-order valence-electron chi connectivity index (χ4n) is 2.22. The van der Waals surface area contributed by atoms with Crippen LogP contribution in [0.3, 0.4) is 0 Å². The highest BCUT2D eigenvalue weighted by atomic mass is 35.5. The summed E-state index contributed by atoms with van der Waals surface area (Å²) in [7, 11) is 0. The molecule has 0 amide bonds. The van der Waals surface area contributed by atoms with Gasteiger partial charge in [0.15, 0.2) is 12.0 Å². The van der Waals surface area contributed by atoms with Crippen molar-refractivity contribution in [2.75, 3.05) is 6.61 Å². The van der Waals surface area contributed by atoms with Crippen LogP contribution in [0.4, 0.5) is 4.39 Å². The number of hydrogen-bond acceptors (Lipinski definition) is 4.